The van der Waals surface area contributed by atoms with Gasteiger partial charge in [-0.15, -0.1) is 0 Å². The highest BCUT2D eigenvalue weighted by Crippen LogP contribution is 2.18. The zero-order valence-corrected chi connectivity index (χ0v) is 10.9. The molecule has 0 aliphatic rings. The van der Waals surface area contributed by atoms with Crippen molar-refractivity contribution in [2.24, 2.45) is 5.92 Å². The Hall–Kier alpha value is -0.610. The molecule has 0 bridgehead atoms. The smallest absolute Gasteiger partial charge is 0.129 e. The molecule has 2 N–H and O–H groups in total. The largest absolute Gasteiger partial charge is 0.396 e. The fourth-order valence-electron chi connectivity index (χ4n) is 1.21. The molecule has 0 amide bonds. The van der Waals surface area contributed by atoms with E-state index in [4.69, 9.17) is 5.11 Å². The summed E-state index contributed by atoms with van der Waals surface area (Å²) in [5.41, 5.74) is 1.10. The van der Waals surface area contributed by atoms with Crippen LogP contribution in [0.4, 0.5) is 5.82 Å². The molecule has 3 nitrogen and oxygen atoms in total. The number of nitrogens with one attached hydrogen (secondary N) is 1. The Labute approximate surface area is 99.1 Å². The summed E-state index contributed by atoms with van der Waals surface area (Å²) >= 11 is 3.37. The third-order valence-corrected chi connectivity index (χ3v) is 2.98. The van der Waals surface area contributed by atoms with Crippen LogP contribution in [-0.2, 0) is 0 Å². The highest BCUT2D eigenvalue weighted by Gasteiger charge is 2.12. The number of aryl methyl sites for hydroxylation is 1. The summed E-state index contributed by atoms with van der Waals surface area (Å²) in [6, 6.07) is 2.23. The number of aromatic nitrogens is 1. The fourth-order valence-corrected chi connectivity index (χ4v) is 1.65. The second-order valence-corrected chi connectivity index (χ2v) is 4.83. The van der Waals surface area contributed by atoms with Crippen molar-refractivity contribution in [1.29, 1.82) is 0 Å². The lowest BCUT2D eigenvalue weighted by Gasteiger charge is -2.20. The number of aliphatic hydroxyl groups excluding tert-OH is 1. The molecule has 1 heterocycles. The Morgan fingerprint density at radius 3 is 2.73 bits per heavy atom. The maximum atomic E-state index is 9.03. The second-order valence-electron chi connectivity index (χ2n) is 3.91. The maximum Gasteiger partial charge on any atom is 0.129 e. The first-order chi connectivity index (χ1) is 7.04. The number of anilines is 1. The van der Waals surface area contributed by atoms with E-state index < -0.39 is 0 Å². The van der Waals surface area contributed by atoms with Crippen LogP contribution >= 0.6 is 15.9 Å². The summed E-state index contributed by atoms with van der Waals surface area (Å²) in [6.45, 7) is 6.25. The molecule has 0 saturated carbocycles. The van der Waals surface area contributed by atoms with Gasteiger partial charge in [-0.2, -0.15) is 0 Å². The molecule has 2 atom stereocenters. The van der Waals surface area contributed by atoms with Crippen molar-refractivity contribution < 1.29 is 5.11 Å². The Kier molecular flexibility index (Phi) is 4.54. The molecule has 0 aliphatic heterocycles. The van der Waals surface area contributed by atoms with Crippen LogP contribution in [0, 0.1) is 12.8 Å². The van der Waals surface area contributed by atoms with Crippen molar-refractivity contribution in [3.63, 3.8) is 0 Å². The average molecular weight is 273 g/mol. The summed E-state index contributed by atoms with van der Waals surface area (Å²) in [7, 11) is 0. The van der Waals surface area contributed by atoms with Gasteiger partial charge in [-0.25, -0.2) is 4.98 Å². The molecular formula is C11H17BrN2O. The standard InChI is InChI=1S/C11H17BrN2O/c1-7-4-10(12)5-13-11(7)14-9(3)8(2)6-15/h4-5,8-9,15H,6H2,1-3H3,(H,13,14)/t8-,9+/m0/s1. The fraction of sp³-hybridized carbons (Fsp3) is 0.545. The molecule has 0 saturated heterocycles. The molecular weight excluding hydrogens is 256 g/mol. The third-order valence-electron chi connectivity index (χ3n) is 2.55. The molecule has 0 aromatic carbocycles. The number of hydrogen-bond acceptors (Lipinski definition) is 3. The van der Waals surface area contributed by atoms with Gasteiger partial charge in [0.05, 0.1) is 0 Å². The monoisotopic (exact) mass is 272 g/mol. The summed E-state index contributed by atoms with van der Waals surface area (Å²) < 4.78 is 0.980. The quantitative estimate of drug-likeness (QED) is 0.886. The molecule has 1 aromatic heterocycles. The van der Waals surface area contributed by atoms with Crippen LogP contribution < -0.4 is 5.32 Å². The van der Waals surface area contributed by atoms with Gasteiger partial charge in [-0.05, 0) is 47.3 Å². The summed E-state index contributed by atoms with van der Waals surface area (Å²) in [6.07, 6.45) is 1.77. The van der Waals surface area contributed by atoms with Gasteiger partial charge in [0.2, 0.25) is 0 Å². The van der Waals surface area contributed by atoms with Crippen LogP contribution in [-0.4, -0.2) is 22.7 Å². The minimum Gasteiger partial charge on any atom is -0.396 e. The molecule has 1 rings (SSSR count). The van der Waals surface area contributed by atoms with Crippen LogP contribution in [0.5, 0.6) is 0 Å². The lowest BCUT2D eigenvalue weighted by Crippen LogP contribution is -2.27. The Morgan fingerprint density at radius 2 is 2.20 bits per heavy atom. The molecule has 0 spiro atoms. The van der Waals surface area contributed by atoms with Crippen LogP contribution in [0.2, 0.25) is 0 Å². The van der Waals surface area contributed by atoms with Crippen LogP contribution in [0.3, 0.4) is 0 Å². The lowest BCUT2D eigenvalue weighted by atomic mass is 10.1. The summed E-state index contributed by atoms with van der Waals surface area (Å²) in [4.78, 5) is 4.29. The summed E-state index contributed by atoms with van der Waals surface area (Å²) in [5, 5.41) is 12.3. The minimum atomic E-state index is 0.184. The first-order valence-corrected chi connectivity index (χ1v) is 5.83. The molecule has 15 heavy (non-hydrogen) atoms. The molecule has 0 aliphatic carbocycles. The molecule has 1 aromatic rings. The van der Waals surface area contributed by atoms with Crippen LogP contribution in [0.1, 0.15) is 19.4 Å². The lowest BCUT2D eigenvalue weighted by molar-refractivity contribution is 0.226. The number of halogens is 1. The highest BCUT2D eigenvalue weighted by atomic mass is 79.9. The zero-order valence-electron chi connectivity index (χ0n) is 9.29. The van der Waals surface area contributed by atoms with Gasteiger partial charge in [-0.3, -0.25) is 0 Å². The number of aliphatic hydroxyl groups is 1. The van der Waals surface area contributed by atoms with E-state index in [1.54, 1.807) is 6.20 Å². The number of nitrogens with zero attached hydrogens (tertiary/aromatic N) is 1. The summed E-state index contributed by atoms with van der Waals surface area (Å²) in [5.74, 6) is 1.10. The van der Waals surface area contributed by atoms with Gasteiger partial charge in [-0.1, -0.05) is 6.92 Å². The Balaban J connectivity index is 2.72. The highest BCUT2D eigenvalue weighted by molar-refractivity contribution is 9.10. The predicted octanol–water partition coefficient (Wildman–Crippen LogP) is 2.58. The number of hydrogen-bond donors (Lipinski definition) is 2. The van der Waals surface area contributed by atoms with E-state index in [0.717, 1.165) is 15.9 Å². The van der Waals surface area contributed by atoms with Gasteiger partial charge in [0, 0.05) is 23.3 Å². The number of rotatable bonds is 4. The van der Waals surface area contributed by atoms with Crippen molar-refractivity contribution in [3.05, 3.63) is 22.3 Å². The number of pyridine rings is 1. The molecule has 0 radical (unpaired) electrons. The van der Waals surface area contributed by atoms with Crippen molar-refractivity contribution in [1.82, 2.24) is 4.98 Å². The minimum absolute atomic E-state index is 0.184. The van der Waals surface area contributed by atoms with Gasteiger partial charge in [0.25, 0.3) is 0 Å². The van der Waals surface area contributed by atoms with E-state index in [-0.39, 0.29) is 18.6 Å². The normalized spacial score (nSPS) is 14.7. The van der Waals surface area contributed by atoms with E-state index in [1.807, 2.05) is 26.8 Å². The first-order valence-electron chi connectivity index (χ1n) is 5.04. The van der Waals surface area contributed by atoms with E-state index in [2.05, 4.69) is 26.2 Å². The van der Waals surface area contributed by atoms with Crippen molar-refractivity contribution >= 4 is 21.7 Å². The Morgan fingerprint density at radius 1 is 1.53 bits per heavy atom. The Bertz CT molecular complexity index is 330. The van der Waals surface area contributed by atoms with Crippen molar-refractivity contribution in [2.75, 3.05) is 11.9 Å². The molecule has 0 unspecified atom stereocenters. The van der Waals surface area contributed by atoms with E-state index in [1.165, 1.54) is 0 Å². The van der Waals surface area contributed by atoms with Crippen molar-refractivity contribution in [3.8, 4) is 0 Å². The zero-order chi connectivity index (χ0) is 11.4. The first kappa shape index (κ1) is 12.5. The van der Waals surface area contributed by atoms with Crippen LogP contribution in [0.25, 0.3) is 0 Å². The van der Waals surface area contributed by atoms with E-state index in [9.17, 15) is 0 Å². The van der Waals surface area contributed by atoms with Crippen LogP contribution in [0.15, 0.2) is 16.7 Å². The van der Waals surface area contributed by atoms with Gasteiger partial charge < -0.3 is 10.4 Å². The van der Waals surface area contributed by atoms with E-state index in [0.29, 0.717) is 0 Å². The molecule has 4 heteroatoms. The average Bonchev–Trinajstić information content (AvgIpc) is 2.20. The third kappa shape index (κ3) is 3.47. The van der Waals surface area contributed by atoms with Gasteiger partial charge in [0.15, 0.2) is 0 Å². The SMILES string of the molecule is Cc1cc(Br)cnc1N[C@H](C)[C@@H](C)CO. The maximum absolute atomic E-state index is 9.03. The topological polar surface area (TPSA) is 45.2 Å². The van der Waals surface area contributed by atoms with Crippen molar-refractivity contribution in [2.45, 2.75) is 26.8 Å². The second kappa shape index (κ2) is 5.47. The van der Waals surface area contributed by atoms with E-state index >= 15 is 0 Å². The molecule has 84 valence electrons. The van der Waals surface area contributed by atoms with Gasteiger partial charge >= 0.3 is 0 Å². The predicted molar refractivity (Wildman–Crippen MR) is 66.0 cm³/mol. The van der Waals surface area contributed by atoms with Gasteiger partial charge in [0.1, 0.15) is 5.82 Å². The molecule has 0 fully saturated rings.